The van der Waals surface area contributed by atoms with E-state index in [1.807, 2.05) is 0 Å². The molecule has 1 unspecified atom stereocenters. The Kier molecular flexibility index (Phi) is 4.76. The molecule has 2 heteroatoms. The van der Waals surface area contributed by atoms with Crippen LogP contribution in [0.5, 0.6) is 0 Å². The van der Waals surface area contributed by atoms with Crippen LogP contribution in [-0.2, 0) is 0 Å². The van der Waals surface area contributed by atoms with Crippen molar-refractivity contribution < 1.29 is 0 Å². The first-order chi connectivity index (χ1) is 6.38. The first kappa shape index (κ1) is 13.6. The lowest BCUT2D eigenvalue weighted by atomic mass is 9.57. The molecule has 0 N–H and O–H groups in total. The van der Waals surface area contributed by atoms with E-state index in [1.165, 1.54) is 0 Å². The summed E-state index contributed by atoms with van der Waals surface area (Å²) in [5.74, 6) is 0.583. The average molecular weight is 199 g/mol. The molecular formula is C12H25NO. The molecule has 0 aliphatic carbocycles. The largest absolute Gasteiger partial charge is 0.151 e. The lowest BCUT2D eigenvalue weighted by Gasteiger charge is -2.47. The first-order valence-corrected chi connectivity index (χ1v) is 5.67. The lowest BCUT2D eigenvalue weighted by molar-refractivity contribution is 0.0192. The van der Waals surface area contributed by atoms with Crippen LogP contribution in [0.1, 0.15) is 54.4 Å². The molecule has 0 aromatic heterocycles. The molecule has 14 heavy (non-hydrogen) atoms. The summed E-state index contributed by atoms with van der Waals surface area (Å²) < 4.78 is 0. The fourth-order valence-electron chi connectivity index (χ4n) is 2.37. The highest BCUT2D eigenvalue weighted by atomic mass is 16.3. The van der Waals surface area contributed by atoms with Gasteiger partial charge >= 0.3 is 0 Å². The number of nitroso groups, excluding NO2 is 1. The Morgan fingerprint density at radius 3 is 1.86 bits per heavy atom. The summed E-state index contributed by atoms with van der Waals surface area (Å²) in [5, 5.41) is 3.13. The van der Waals surface area contributed by atoms with Gasteiger partial charge in [-0.1, -0.05) is 46.7 Å². The summed E-state index contributed by atoms with van der Waals surface area (Å²) in [5.41, 5.74) is 0.243. The van der Waals surface area contributed by atoms with E-state index in [9.17, 15) is 4.91 Å². The molecule has 0 fully saturated rings. The van der Waals surface area contributed by atoms with Crippen LogP contribution in [0, 0.1) is 21.7 Å². The van der Waals surface area contributed by atoms with Crippen molar-refractivity contribution in [1.82, 2.24) is 0 Å². The summed E-state index contributed by atoms with van der Waals surface area (Å²) in [6.07, 6.45) is 2.12. The van der Waals surface area contributed by atoms with E-state index in [0.717, 1.165) is 12.8 Å². The van der Waals surface area contributed by atoms with E-state index in [1.54, 1.807) is 0 Å². The van der Waals surface area contributed by atoms with Crippen molar-refractivity contribution in [2.24, 2.45) is 21.9 Å². The van der Waals surface area contributed by atoms with Crippen molar-refractivity contribution in [3.05, 3.63) is 4.91 Å². The third-order valence-electron chi connectivity index (χ3n) is 4.58. The smallest absolute Gasteiger partial charge is 0.0869 e. The van der Waals surface area contributed by atoms with Gasteiger partial charge in [-0.05, 0) is 29.6 Å². The molecule has 0 bridgehead atoms. The molecule has 0 aromatic rings. The van der Waals surface area contributed by atoms with Gasteiger partial charge in [0.25, 0.3) is 0 Å². The quantitative estimate of drug-likeness (QED) is 0.588. The fourth-order valence-corrected chi connectivity index (χ4v) is 2.37. The monoisotopic (exact) mass is 199 g/mol. The zero-order valence-corrected chi connectivity index (χ0v) is 10.6. The molecule has 0 heterocycles. The molecule has 84 valence electrons. The van der Waals surface area contributed by atoms with E-state index in [2.05, 4.69) is 46.7 Å². The molecule has 0 aromatic carbocycles. The molecule has 0 spiro atoms. The second-order valence-corrected chi connectivity index (χ2v) is 5.13. The summed E-state index contributed by atoms with van der Waals surface area (Å²) in [6.45, 7) is 13.8. The molecule has 2 atom stereocenters. The summed E-state index contributed by atoms with van der Waals surface area (Å²) >= 11 is 0. The van der Waals surface area contributed by atoms with Gasteiger partial charge in [-0.2, -0.15) is 4.91 Å². The van der Waals surface area contributed by atoms with Crippen molar-refractivity contribution in [3.63, 3.8) is 0 Å². The fraction of sp³-hybridized carbons (Fsp3) is 1.00. The lowest BCUT2D eigenvalue weighted by Crippen LogP contribution is -2.43. The normalized spacial score (nSPS) is 20.2. The number of hydrogen-bond acceptors (Lipinski definition) is 2. The minimum Gasteiger partial charge on any atom is -0.151 e. The molecule has 0 saturated carbocycles. The van der Waals surface area contributed by atoms with Crippen molar-refractivity contribution in [3.8, 4) is 0 Å². The van der Waals surface area contributed by atoms with Crippen LogP contribution in [0.4, 0.5) is 0 Å². The van der Waals surface area contributed by atoms with Gasteiger partial charge in [0.2, 0.25) is 0 Å². The van der Waals surface area contributed by atoms with Crippen LogP contribution in [0.2, 0.25) is 0 Å². The average Bonchev–Trinajstić information content (AvgIpc) is 2.16. The molecule has 0 aliphatic rings. The van der Waals surface area contributed by atoms with E-state index in [-0.39, 0.29) is 10.8 Å². The molecule has 0 rings (SSSR count). The number of rotatable bonds is 6. The van der Waals surface area contributed by atoms with E-state index in [4.69, 9.17) is 0 Å². The maximum Gasteiger partial charge on any atom is 0.0869 e. The maximum absolute atomic E-state index is 10.5. The second kappa shape index (κ2) is 4.90. The van der Waals surface area contributed by atoms with Gasteiger partial charge < -0.3 is 0 Å². The Bertz CT molecular complexity index is 191. The van der Waals surface area contributed by atoms with Crippen LogP contribution in [-0.4, -0.2) is 6.54 Å². The molecule has 0 amide bonds. The highest BCUT2D eigenvalue weighted by molar-refractivity contribution is 4.94. The molecule has 0 radical (unpaired) electrons. The minimum atomic E-state index is 0.0394. The van der Waals surface area contributed by atoms with E-state index < -0.39 is 0 Å². The summed E-state index contributed by atoms with van der Waals surface area (Å²) in [6, 6.07) is 0. The number of nitrogens with zero attached hydrogens (tertiary/aromatic N) is 1. The zero-order valence-electron chi connectivity index (χ0n) is 10.6. The van der Waals surface area contributed by atoms with Gasteiger partial charge in [0, 0.05) is 0 Å². The van der Waals surface area contributed by atoms with Gasteiger partial charge in [-0.15, -0.1) is 0 Å². The predicted molar refractivity (Wildman–Crippen MR) is 62.3 cm³/mol. The van der Waals surface area contributed by atoms with Crippen LogP contribution in [0.3, 0.4) is 0 Å². The molecular weight excluding hydrogens is 174 g/mol. The topological polar surface area (TPSA) is 29.4 Å². The van der Waals surface area contributed by atoms with Crippen LogP contribution < -0.4 is 0 Å². The Balaban J connectivity index is 5.02. The summed E-state index contributed by atoms with van der Waals surface area (Å²) in [4.78, 5) is 10.5. The third kappa shape index (κ3) is 2.15. The maximum atomic E-state index is 10.5. The van der Waals surface area contributed by atoms with Gasteiger partial charge in [0.05, 0.1) is 6.54 Å². The first-order valence-electron chi connectivity index (χ1n) is 5.67. The second-order valence-electron chi connectivity index (χ2n) is 5.13. The van der Waals surface area contributed by atoms with E-state index >= 15 is 0 Å². The Morgan fingerprint density at radius 2 is 1.64 bits per heavy atom. The van der Waals surface area contributed by atoms with Crippen LogP contribution >= 0.6 is 0 Å². The predicted octanol–water partition coefficient (Wildman–Crippen LogP) is 4.24. The van der Waals surface area contributed by atoms with Gasteiger partial charge in [0.15, 0.2) is 0 Å². The molecule has 0 aliphatic heterocycles. The van der Waals surface area contributed by atoms with Crippen molar-refractivity contribution >= 4 is 0 Å². The SMILES string of the molecule is CCC(C)(C(C)C)[C@](C)(CC)CN=O. The highest BCUT2D eigenvalue weighted by Gasteiger charge is 2.44. The van der Waals surface area contributed by atoms with Gasteiger partial charge in [0.1, 0.15) is 0 Å². The van der Waals surface area contributed by atoms with Crippen LogP contribution in [0.15, 0.2) is 5.18 Å². The molecule has 2 nitrogen and oxygen atoms in total. The van der Waals surface area contributed by atoms with Crippen LogP contribution in [0.25, 0.3) is 0 Å². The number of hydrogen-bond donors (Lipinski definition) is 0. The standard InChI is InChI=1S/C12H25NO/c1-7-11(5,9-13-14)12(6,8-2)10(3)4/h10H,7-9H2,1-6H3/t11-,12?/m1/s1. The van der Waals surface area contributed by atoms with Crippen molar-refractivity contribution in [2.75, 3.05) is 6.54 Å². The highest BCUT2D eigenvalue weighted by Crippen LogP contribution is 2.49. The minimum absolute atomic E-state index is 0.0394. The van der Waals surface area contributed by atoms with Gasteiger partial charge in [-0.3, -0.25) is 0 Å². The van der Waals surface area contributed by atoms with Crippen molar-refractivity contribution in [1.29, 1.82) is 0 Å². The third-order valence-corrected chi connectivity index (χ3v) is 4.58. The van der Waals surface area contributed by atoms with Gasteiger partial charge in [-0.25, -0.2) is 0 Å². The molecule has 0 saturated heterocycles. The summed E-state index contributed by atoms with van der Waals surface area (Å²) in [7, 11) is 0. The Morgan fingerprint density at radius 1 is 1.14 bits per heavy atom. The Hall–Kier alpha value is -0.400. The van der Waals surface area contributed by atoms with E-state index in [0.29, 0.717) is 12.5 Å². The van der Waals surface area contributed by atoms with Crippen molar-refractivity contribution in [2.45, 2.75) is 54.4 Å². The zero-order chi connectivity index (χ0) is 11.4. The Labute approximate surface area is 88.4 Å².